The zero-order chi connectivity index (χ0) is 17.0. The van der Waals surface area contributed by atoms with Crippen molar-refractivity contribution in [3.05, 3.63) is 48.3 Å². The minimum absolute atomic E-state index is 0.0158. The van der Waals surface area contributed by atoms with E-state index in [0.717, 1.165) is 18.4 Å². The number of sulfonamides is 1. The van der Waals surface area contributed by atoms with Crippen molar-refractivity contribution in [1.29, 1.82) is 0 Å². The van der Waals surface area contributed by atoms with Gasteiger partial charge in [0.2, 0.25) is 10.0 Å². The van der Waals surface area contributed by atoms with Crippen LogP contribution in [0.25, 0.3) is 0 Å². The summed E-state index contributed by atoms with van der Waals surface area (Å²) in [4.78, 5) is 0.246. The lowest BCUT2D eigenvalue weighted by atomic mass is 10.1. The quantitative estimate of drug-likeness (QED) is 0.801. The molecule has 0 aliphatic carbocycles. The van der Waals surface area contributed by atoms with Crippen LogP contribution in [0.2, 0.25) is 0 Å². The molecule has 0 spiro atoms. The summed E-state index contributed by atoms with van der Waals surface area (Å²) in [5.41, 5.74) is 1.08. The molecule has 1 fully saturated rings. The highest BCUT2D eigenvalue weighted by Gasteiger charge is 2.31. The molecule has 1 atom stereocenters. The Hall–Kier alpha value is -1.70. The van der Waals surface area contributed by atoms with Crippen LogP contribution in [-0.2, 0) is 21.3 Å². The number of nitrogens with zero attached hydrogens (tertiary/aromatic N) is 3. The Balaban J connectivity index is 1.73. The molecule has 1 aromatic carbocycles. The zero-order valence-electron chi connectivity index (χ0n) is 13.8. The highest BCUT2D eigenvalue weighted by atomic mass is 32.2. The number of piperidine rings is 1. The summed E-state index contributed by atoms with van der Waals surface area (Å²) >= 11 is 0. The average Bonchev–Trinajstić information content (AvgIpc) is 3.06. The molecule has 130 valence electrons. The number of rotatable bonds is 6. The van der Waals surface area contributed by atoms with Crippen molar-refractivity contribution in [3.63, 3.8) is 0 Å². The Morgan fingerprint density at radius 1 is 1.29 bits per heavy atom. The predicted octanol–water partition coefficient (Wildman–Crippen LogP) is 2.12. The lowest BCUT2D eigenvalue weighted by Crippen LogP contribution is -2.43. The van der Waals surface area contributed by atoms with Gasteiger partial charge >= 0.3 is 0 Å². The number of hydrogen-bond donors (Lipinski definition) is 0. The molecular formula is C17H23N3O3S. The van der Waals surface area contributed by atoms with Crippen molar-refractivity contribution in [3.8, 4) is 0 Å². The fourth-order valence-corrected chi connectivity index (χ4v) is 4.44. The van der Waals surface area contributed by atoms with Gasteiger partial charge in [0.1, 0.15) is 4.90 Å². The molecule has 1 aromatic heterocycles. The molecule has 2 heterocycles. The molecule has 0 bridgehead atoms. The standard InChI is InChI=1S/C17H23N3O3S/c1-2-23-16-9-6-10-20(13-16)24(21,22)17-11-18-19(14-17)12-15-7-4-3-5-8-15/h3-5,7-8,11,14,16H,2,6,9-10,12-13H2,1H3/t16-/m1/s1. The molecule has 7 heteroatoms. The van der Waals surface area contributed by atoms with Gasteiger partial charge in [0.05, 0.1) is 18.8 Å². The van der Waals surface area contributed by atoms with Crippen molar-refractivity contribution in [1.82, 2.24) is 14.1 Å². The van der Waals surface area contributed by atoms with Crippen LogP contribution in [0, 0.1) is 0 Å². The largest absolute Gasteiger partial charge is 0.377 e. The Kier molecular flexibility index (Phi) is 5.33. The molecular weight excluding hydrogens is 326 g/mol. The van der Waals surface area contributed by atoms with Crippen LogP contribution < -0.4 is 0 Å². The summed E-state index contributed by atoms with van der Waals surface area (Å²) in [5.74, 6) is 0. The number of benzene rings is 1. The summed E-state index contributed by atoms with van der Waals surface area (Å²) in [6.07, 6.45) is 4.75. The highest BCUT2D eigenvalue weighted by Crippen LogP contribution is 2.22. The SMILES string of the molecule is CCO[C@@H]1CCCN(S(=O)(=O)c2cnn(Cc3ccccc3)c2)C1. The second-order valence-electron chi connectivity index (χ2n) is 5.94. The predicted molar refractivity (Wildman–Crippen MR) is 91.2 cm³/mol. The topological polar surface area (TPSA) is 64.4 Å². The second kappa shape index (κ2) is 7.46. The summed E-state index contributed by atoms with van der Waals surface area (Å²) in [7, 11) is -3.51. The van der Waals surface area contributed by atoms with E-state index in [9.17, 15) is 8.42 Å². The first-order chi connectivity index (χ1) is 11.6. The Morgan fingerprint density at radius 3 is 2.83 bits per heavy atom. The fraction of sp³-hybridized carbons (Fsp3) is 0.471. The Labute approximate surface area is 143 Å². The van der Waals surface area contributed by atoms with Gasteiger partial charge in [-0.1, -0.05) is 30.3 Å². The van der Waals surface area contributed by atoms with Crippen LogP contribution in [0.5, 0.6) is 0 Å². The maximum Gasteiger partial charge on any atom is 0.246 e. The smallest absolute Gasteiger partial charge is 0.246 e. The zero-order valence-corrected chi connectivity index (χ0v) is 14.7. The van der Waals surface area contributed by atoms with Gasteiger partial charge in [-0.15, -0.1) is 0 Å². The Bertz CT molecular complexity index is 756. The van der Waals surface area contributed by atoms with Gasteiger partial charge in [-0.25, -0.2) is 8.42 Å². The summed E-state index contributed by atoms with van der Waals surface area (Å²) in [6, 6.07) is 9.85. The third-order valence-corrected chi connectivity index (χ3v) is 6.00. The Morgan fingerprint density at radius 2 is 2.08 bits per heavy atom. The van der Waals surface area contributed by atoms with Gasteiger partial charge in [0.15, 0.2) is 0 Å². The molecule has 3 rings (SSSR count). The monoisotopic (exact) mass is 349 g/mol. The van der Waals surface area contributed by atoms with Gasteiger partial charge in [-0.3, -0.25) is 4.68 Å². The normalized spacial score (nSPS) is 19.5. The third kappa shape index (κ3) is 3.85. The van der Waals surface area contributed by atoms with Crippen molar-refractivity contribution in [2.24, 2.45) is 0 Å². The molecule has 0 N–H and O–H groups in total. The lowest BCUT2D eigenvalue weighted by molar-refractivity contribution is 0.0265. The minimum atomic E-state index is -3.51. The van der Waals surface area contributed by atoms with Crippen LogP contribution in [-0.4, -0.2) is 48.3 Å². The number of hydrogen-bond acceptors (Lipinski definition) is 4. The van der Waals surface area contributed by atoms with Crippen LogP contribution >= 0.6 is 0 Å². The van der Waals surface area contributed by atoms with E-state index < -0.39 is 10.0 Å². The first-order valence-corrected chi connectivity index (χ1v) is 9.71. The van der Waals surface area contributed by atoms with Crippen molar-refractivity contribution < 1.29 is 13.2 Å². The van der Waals surface area contributed by atoms with E-state index in [0.29, 0.717) is 26.2 Å². The molecule has 6 nitrogen and oxygen atoms in total. The van der Waals surface area contributed by atoms with Gasteiger partial charge < -0.3 is 4.74 Å². The van der Waals surface area contributed by atoms with E-state index in [1.54, 1.807) is 10.9 Å². The first kappa shape index (κ1) is 17.1. The van der Waals surface area contributed by atoms with Crippen LogP contribution in [0.15, 0.2) is 47.6 Å². The molecule has 0 unspecified atom stereocenters. The highest BCUT2D eigenvalue weighted by molar-refractivity contribution is 7.89. The molecule has 24 heavy (non-hydrogen) atoms. The van der Waals surface area contributed by atoms with Gasteiger partial charge in [-0.05, 0) is 25.3 Å². The maximum absolute atomic E-state index is 12.8. The number of ether oxygens (including phenoxy) is 1. The van der Waals surface area contributed by atoms with Crippen molar-refractivity contribution in [2.45, 2.75) is 37.3 Å². The average molecular weight is 349 g/mol. The molecule has 1 saturated heterocycles. The van der Waals surface area contributed by atoms with Crippen LogP contribution in [0.3, 0.4) is 0 Å². The van der Waals surface area contributed by atoms with Crippen LogP contribution in [0.1, 0.15) is 25.3 Å². The van der Waals surface area contributed by atoms with E-state index in [2.05, 4.69) is 5.10 Å². The molecule has 0 amide bonds. The van der Waals surface area contributed by atoms with Gasteiger partial charge in [0, 0.05) is 25.9 Å². The summed E-state index contributed by atoms with van der Waals surface area (Å²) in [6.45, 7) is 4.04. The fourth-order valence-electron chi connectivity index (χ4n) is 2.98. The van der Waals surface area contributed by atoms with Crippen molar-refractivity contribution in [2.75, 3.05) is 19.7 Å². The summed E-state index contributed by atoms with van der Waals surface area (Å²) in [5, 5.41) is 4.21. The molecule has 0 radical (unpaired) electrons. The van der Waals surface area contributed by atoms with E-state index in [-0.39, 0.29) is 11.0 Å². The molecule has 0 saturated carbocycles. The molecule has 1 aliphatic heterocycles. The maximum atomic E-state index is 12.8. The molecule has 2 aromatic rings. The van der Waals surface area contributed by atoms with Crippen LogP contribution in [0.4, 0.5) is 0 Å². The van der Waals surface area contributed by atoms with E-state index in [4.69, 9.17) is 4.74 Å². The lowest BCUT2D eigenvalue weighted by Gasteiger charge is -2.31. The van der Waals surface area contributed by atoms with E-state index >= 15 is 0 Å². The minimum Gasteiger partial charge on any atom is -0.377 e. The third-order valence-electron chi connectivity index (χ3n) is 4.18. The van der Waals surface area contributed by atoms with Crippen molar-refractivity contribution >= 4 is 10.0 Å². The summed E-state index contributed by atoms with van der Waals surface area (Å²) < 4.78 is 34.4. The molecule has 1 aliphatic rings. The van der Waals surface area contributed by atoms with Gasteiger partial charge in [0.25, 0.3) is 0 Å². The number of aromatic nitrogens is 2. The van der Waals surface area contributed by atoms with Gasteiger partial charge in [-0.2, -0.15) is 9.40 Å². The second-order valence-corrected chi connectivity index (χ2v) is 7.88. The first-order valence-electron chi connectivity index (χ1n) is 8.27. The van der Waals surface area contributed by atoms with E-state index in [1.165, 1.54) is 10.5 Å². The van der Waals surface area contributed by atoms with E-state index in [1.807, 2.05) is 37.3 Å².